The quantitative estimate of drug-likeness (QED) is 0.457. The number of thioether (sulfide) groups is 1. The second-order valence-electron chi connectivity index (χ2n) is 8.64. The van der Waals surface area contributed by atoms with Gasteiger partial charge in [0.25, 0.3) is 0 Å². The molecule has 2 aromatic carbocycles. The van der Waals surface area contributed by atoms with Gasteiger partial charge in [-0.15, -0.1) is 0 Å². The number of ether oxygens (including phenoxy) is 1. The van der Waals surface area contributed by atoms with Crippen LogP contribution in [0.1, 0.15) is 44.4 Å². The topological polar surface area (TPSA) is 71.0 Å². The fraction of sp³-hybridized carbons (Fsp3) is 0.296. The highest BCUT2D eigenvalue weighted by atomic mass is 35.5. The summed E-state index contributed by atoms with van der Waals surface area (Å²) < 4.78 is 5.51. The number of fused-ring (bicyclic) bond motifs is 1. The van der Waals surface area contributed by atoms with Gasteiger partial charge in [0.15, 0.2) is 5.17 Å². The van der Waals surface area contributed by atoms with Crippen LogP contribution in [0.5, 0.6) is 0 Å². The lowest BCUT2D eigenvalue weighted by Gasteiger charge is -2.37. The zero-order valence-corrected chi connectivity index (χ0v) is 21.5. The van der Waals surface area contributed by atoms with Crippen LogP contribution in [-0.2, 0) is 14.3 Å². The number of aliphatic imine (C=N–C) groups is 1. The lowest BCUT2D eigenvalue weighted by atomic mass is 9.91. The molecule has 2 aliphatic heterocycles. The van der Waals surface area contributed by atoms with Gasteiger partial charge in [0.05, 0.1) is 30.3 Å². The Hall–Kier alpha value is -3.03. The molecule has 0 radical (unpaired) electrons. The summed E-state index contributed by atoms with van der Waals surface area (Å²) in [5.41, 5.74) is 3.25. The van der Waals surface area contributed by atoms with Crippen molar-refractivity contribution in [1.82, 2.24) is 10.2 Å². The molecule has 0 unspecified atom stereocenters. The van der Waals surface area contributed by atoms with Crippen molar-refractivity contribution in [2.75, 3.05) is 13.2 Å². The molecule has 0 aromatic heterocycles. The van der Waals surface area contributed by atoms with Crippen LogP contribution in [0.4, 0.5) is 0 Å². The number of esters is 1. The number of hydrogen-bond acceptors (Lipinski definition) is 6. The summed E-state index contributed by atoms with van der Waals surface area (Å²) >= 11 is 8.12. The summed E-state index contributed by atoms with van der Waals surface area (Å²) in [5.74, 6) is -0.194. The van der Waals surface area contributed by atoms with Gasteiger partial charge in [-0.05, 0) is 29.9 Å². The van der Waals surface area contributed by atoms with E-state index in [2.05, 4.69) is 19.2 Å². The minimum atomic E-state index is -0.593. The number of carbonyl (C=O) groups excluding carboxylic acids is 2. The van der Waals surface area contributed by atoms with E-state index in [1.54, 1.807) is 13.0 Å². The standard InChI is InChI=1S/C27H28ClN3O3S/c1-4-34-26(33)23-24(18-10-6-5-7-11-18)30-27-31(25(23)20-12-8-9-13-21(20)28)19(16-35-27)14-22(32)29-15-17(2)3/h5-13,16-17,25H,4,14-15H2,1-3H3,(H,29,32)/t25-/m0/s1. The summed E-state index contributed by atoms with van der Waals surface area (Å²) in [4.78, 5) is 33.0. The van der Waals surface area contributed by atoms with Crippen LogP contribution >= 0.6 is 23.4 Å². The first-order chi connectivity index (χ1) is 16.9. The number of halogens is 1. The number of nitrogens with zero attached hydrogens (tertiary/aromatic N) is 2. The molecule has 0 spiro atoms. The van der Waals surface area contributed by atoms with E-state index in [1.807, 2.05) is 58.8 Å². The van der Waals surface area contributed by atoms with Gasteiger partial charge >= 0.3 is 5.97 Å². The van der Waals surface area contributed by atoms with E-state index in [0.29, 0.717) is 33.9 Å². The Bertz CT molecular complexity index is 1210. The van der Waals surface area contributed by atoms with E-state index in [1.165, 1.54) is 11.8 Å². The predicted octanol–water partition coefficient (Wildman–Crippen LogP) is 5.78. The van der Waals surface area contributed by atoms with Gasteiger partial charge in [-0.2, -0.15) is 0 Å². The third-order valence-electron chi connectivity index (χ3n) is 5.60. The maximum atomic E-state index is 13.4. The maximum Gasteiger partial charge on any atom is 0.338 e. The highest BCUT2D eigenvalue weighted by molar-refractivity contribution is 8.16. The van der Waals surface area contributed by atoms with Crippen LogP contribution in [0.3, 0.4) is 0 Å². The van der Waals surface area contributed by atoms with Crippen LogP contribution in [0.15, 0.2) is 76.3 Å². The zero-order chi connectivity index (χ0) is 24.9. The Morgan fingerprint density at radius 2 is 1.86 bits per heavy atom. The Balaban J connectivity index is 1.84. The first-order valence-electron chi connectivity index (χ1n) is 11.6. The summed E-state index contributed by atoms with van der Waals surface area (Å²) in [6, 6.07) is 16.4. The van der Waals surface area contributed by atoms with Crippen molar-refractivity contribution in [2.45, 2.75) is 33.2 Å². The van der Waals surface area contributed by atoms with Crippen LogP contribution in [0.2, 0.25) is 5.02 Å². The van der Waals surface area contributed by atoms with Crippen molar-refractivity contribution in [2.24, 2.45) is 10.9 Å². The molecular weight excluding hydrogens is 482 g/mol. The van der Waals surface area contributed by atoms with Crippen LogP contribution in [0, 0.1) is 5.92 Å². The zero-order valence-electron chi connectivity index (χ0n) is 20.0. The third-order valence-corrected chi connectivity index (χ3v) is 6.83. The molecule has 1 N–H and O–H groups in total. The van der Waals surface area contributed by atoms with Crippen molar-refractivity contribution < 1.29 is 14.3 Å². The van der Waals surface area contributed by atoms with E-state index in [4.69, 9.17) is 21.3 Å². The van der Waals surface area contributed by atoms with Gasteiger partial charge in [-0.25, -0.2) is 9.79 Å². The molecule has 8 heteroatoms. The summed E-state index contributed by atoms with van der Waals surface area (Å²) in [6.45, 7) is 6.70. The summed E-state index contributed by atoms with van der Waals surface area (Å²) in [6.07, 6.45) is 0.163. The molecule has 0 saturated carbocycles. The molecule has 182 valence electrons. The summed E-state index contributed by atoms with van der Waals surface area (Å²) in [5, 5.41) is 6.11. The van der Waals surface area contributed by atoms with E-state index < -0.39 is 12.0 Å². The smallest absolute Gasteiger partial charge is 0.338 e. The lowest BCUT2D eigenvalue weighted by molar-refractivity contribution is -0.139. The molecule has 0 fully saturated rings. The molecule has 0 saturated heterocycles. The highest BCUT2D eigenvalue weighted by Gasteiger charge is 2.43. The van der Waals surface area contributed by atoms with Crippen molar-refractivity contribution in [3.05, 3.63) is 87.4 Å². The number of amidine groups is 1. The monoisotopic (exact) mass is 509 g/mol. The first-order valence-corrected chi connectivity index (χ1v) is 12.9. The Kier molecular flexibility index (Phi) is 7.98. The molecule has 1 amide bonds. The molecule has 6 nitrogen and oxygen atoms in total. The Morgan fingerprint density at radius 3 is 2.54 bits per heavy atom. The third kappa shape index (κ3) is 5.46. The molecule has 2 aromatic rings. The number of hydrogen-bond donors (Lipinski definition) is 1. The largest absolute Gasteiger partial charge is 0.463 e. The van der Waals surface area contributed by atoms with E-state index in [-0.39, 0.29) is 18.9 Å². The predicted molar refractivity (Wildman–Crippen MR) is 142 cm³/mol. The van der Waals surface area contributed by atoms with Gasteiger partial charge in [0.1, 0.15) is 0 Å². The molecular formula is C27H28ClN3O3S. The maximum absolute atomic E-state index is 13.4. The van der Waals surface area contributed by atoms with Crippen molar-refractivity contribution in [3.8, 4) is 0 Å². The molecule has 35 heavy (non-hydrogen) atoms. The Labute approximate surface area is 215 Å². The van der Waals surface area contributed by atoms with Gasteiger partial charge in [-0.1, -0.05) is 85.7 Å². The average molecular weight is 510 g/mol. The van der Waals surface area contributed by atoms with Gasteiger partial charge in [0, 0.05) is 22.8 Å². The molecule has 4 rings (SSSR count). The average Bonchev–Trinajstić information content (AvgIpc) is 3.25. The highest BCUT2D eigenvalue weighted by Crippen LogP contribution is 2.48. The van der Waals surface area contributed by atoms with E-state index in [0.717, 1.165) is 16.8 Å². The molecule has 2 aliphatic rings. The number of carbonyl (C=O) groups is 2. The van der Waals surface area contributed by atoms with E-state index >= 15 is 0 Å². The van der Waals surface area contributed by atoms with Gasteiger partial charge < -0.3 is 15.0 Å². The number of amides is 1. The molecule has 0 bridgehead atoms. The fourth-order valence-corrected chi connectivity index (χ4v) is 5.18. The van der Waals surface area contributed by atoms with Crippen LogP contribution in [0.25, 0.3) is 5.70 Å². The molecule has 1 atom stereocenters. The minimum Gasteiger partial charge on any atom is -0.463 e. The van der Waals surface area contributed by atoms with Crippen molar-refractivity contribution in [1.29, 1.82) is 0 Å². The van der Waals surface area contributed by atoms with Crippen LogP contribution < -0.4 is 5.32 Å². The molecule has 2 heterocycles. The Morgan fingerprint density at radius 1 is 1.14 bits per heavy atom. The van der Waals surface area contributed by atoms with Crippen molar-refractivity contribution >= 4 is 46.1 Å². The fourth-order valence-electron chi connectivity index (χ4n) is 4.02. The van der Waals surface area contributed by atoms with Crippen LogP contribution in [-0.4, -0.2) is 35.1 Å². The van der Waals surface area contributed by atoms with Crippen molar-refractivity contribution in [3.63, 3.8) is 0 Å². The van der Waals surface area contributed by atoms with Gasteiger partial charge in [0.2, 0.25) is 5.91 Å². The number of nitrogens with one attached hydrogen (secondary N) is 1. The summed E-state index contributed by atoms with van der Waals surface area (Å²) in [7, 11) is 0. The number of rotatable bonds is 8. The second-order valence-corrected chi connectivity index (χ2v) is 9.88. The van der Waals surface area contributed by atoms with Gasteiger partial charge in [-0.3, -0.25) is 4.79 Å². The molecule has 0 aliphatic carbocycles. The first kappa shape index (κ1) is 25.1. The van der Waals surface area contributed by atoms with E-state index in [9.17, 15) is 9.59 Å². The number of benzene rings is 2. The minimum absolute atomic E-state index is 0.0831. The normalized spacial score (nSPS) is 17.2. The second kappa shape index (κ2) is 11.1. The SMILES string of the molecule is CCOC(=O)C1=C(c2ccccc2)N=C2SC=C(CC(=O)NCC(C)C)N2[C@H]1c1ccccc1Cl. The lowest BCUT2D eigenvalue weighted by Crippen LogP contribution is -2.38.